The van der Waals surface area contributed by atoms with E-state index in [0.717, 1.165) is 0 Å². The van der Waals surface area contributed by atoms with Gasteiger partial charge in [0.2, 0.25) is 0 Å². The monoisotopic (exact) mass is 397 g/mol. The number of hydrogen-bond acceptors (Lipinski definition) is 7. The fourth-order valence-electron chi connectivity index (χ4n) is 2.85. The van der Waals surface area contributed by atoms with Crippen molar-refractivity contribution in [3.63, 3.8) is 0 Å². The molecule has 1 radical (unpaired) electrons. The number of nitrogen functional groups attached to an aromatic ring is 2. The Kier molecular flexibility index (Phi) is 5.37. The van der Waals surface area contributed by atoms with E-state index >= 15 is 0 Å². The van der Waals surface area contributed by atoms with E-state index in [-0.39, 0.29) is 40.4 Å². The van der Waals surface area contributed by atoms with Crippen LogP contribution in [0.3, 0.4) is 0 Å². The summed E-state index contributed by atoms with van der Waals surface area (Å²) in [5.74, 6) is -1.20. The number of hydrogen-bond donors (Lipinski definition) is 6. The molecule has 1 aliphatic rings. The van der Waals surface area contributed by atoms with Crippen LogP contribution in [0.25, 0.3) is 0 Å². The van der Waals surface area contributed by atoms with Gasteiger partial charge in [0.1, 0.15) is 16.5 Å². The van der Waals surface area contributed by atoms with Crippen LogP contribution in [0.15, 0.2) is 48.8 Å². The number of carbonyl (C=O) groups is 2. The van der Waals surface area contributed by atoms with Gasteiger partial charge < -0.3 is 32.3 Å². The van der Waals surface area contributed by atoms with Crippen LogP contribution in [0.5, 0.6) is 11.5 Å². The van der Waals surface area contributed by atoms with E-state index < -0.39 is 11.8 Å². The van der Waals surface area contributed by atoms with E-state index in [2.05, 4.69) is 15.6 Å². The number of aromatic hydroxyl groups is 2. The molecule has 29 heavy (non-hydrogen) atoms. The summed E-state index contributed by atoms with van der Waals surface area (Å²) in [6, 6.07) is 8.70. The third-order valence-electron chi connectivity index (χ3n) is 4.21. The Morgan fingerprint density at radius 2 is 1.38 bits per heavy atom. The second-order valence-electron chi connectivity index (χ2n) is 6.63. The van der Waals surface area contributed by atoms with Crippen molar-refractivity contribution < 1.29 is 24.3 Å². The smallest absolute Gasteiger partial charge is 0.404 e. The van der Waals surface area contributed by atoms with Crippen molar-refractivity contribution in [3.8, 4) is 11.5 Å². The molecule has 10 heteroatoms. The van der Waals surface area contributed by atoms with Crippen LogP contribution < -0.4 is 27.1 Å². The van der Waals surface area contributed by atoms with Gasteiger partial charge in [0.15, 0.2) is 19.3 Å². The summed E-state index contributed by atoms with van der Waals surface area (Å²) in [6.07, 6.45) is 4.55. The average Bonchev–Trinajstić information content (AvgIpc) is 3.07. The number of nitrogens with zero attached hydrogens (tertiary/aromatic N) is 2. The van der Waals surface area contributed by atoms with Gasteiger partial charge in [0, 0.05) is 23.5 Å². The first-order valence-corrected chi connectivity index (χ1v) is 8.61. The summed E-state index contributed by atoms with van der Waals surface area (Å²) in [4.78, 5) is 29.0. The van der Waals surface area contributed by atoms with E-state index in [1.54, 1.807) is 18.3 Å². The summed E-state index contributed by atoms with van der Waals surface area (Å²) in [5, 5.41) is 24.9. The van der Waals surface area contributed by atoms with Crippen LogP contribution in [0.4, 0.5) is 22.7 Å². The molecule has 0 saturated carbocycles. The molecule has 1 heterocycles. The normalized spacial score (nSPS) is 13.9. The largest absolute Gasteiger partial charge is 0.506 e. The zero-order valence-electron chi connectivity index (χ0n) is 15.4. The minimum absolute atomic E-state index is 0.134. The van der Waals surface area contributed by atoms with Crippen LogP contribution >= 0.6 is 0 Å². The van der Waals surface area contributed by atoms with E-state index in [4.69, 9.17) is 11.5 Å². The first kappa shape index (κ1) is 19.7. The summed E-state index contributed by atoms with van der Waals surface area (Å²) >= 11 is 0. The molecule has 0 aromatic heterocycles. The maximum Gasteiger partial charge on any atom is 0.404 e. The second-order valence-corrected chi connectivity index (χ2v) is 6.63. The molecule has 3 rings (SSSR count). The molecule has 0 unspecified atom stereocenters. The zero-order valence-corrected chi connectivity index (χ0v) is 15.4. The molecule has 0 atom stereocenters. The van der Waals surface area contributed by atoms with Crippen molar-refractivity contribution in [1.29, 1.82) is 0 Å². The van der Waals surface area contributed by atoms with E-state index in [9.17, 15) is 19.8 Å². The quantitative estimate of drug-likeness (QED) is 0.236. The molecule has 0 spiro atoms. The number of quaternary nitrogens is 1. The molecule has 149 valence electrons. The average molecular weight is 397 g/mol. The lowest BCUT2D eigenvalue weighted by Crippen LogP contribution is -2.50. The van der Waals surface area contributed by atoms with Crippen molar-refractivity contribution in [1.82, 2.24) is 4.99 Å². The molecule has 1 aliphatic heterocycles. The molecule has 0 fully saturated rings. The van der Waals surface area contributed by atoms with Gasteiger partial charge in [-0.1, -0.05) is 0 Å². The number of phenols is 2. The Balaban J connectivity index is 1.68. The van der Waals surface area contributed by atoms with Crippen molar-refractivity contribution >= 4 is 40.9 Å². The van der Waals surface area contributed by atoms with Gasteiger partial charge in [-0.25, -0.2) is 0 Å². The minimum Gasteiger partial charge on any atom is -0.506 e. The molecule has 2 amide bonds. The molecule has 8 N–H and O–H groups in total. The van der Waals surface area contributed by atoms with Crippen molar-refractivity contribution in [3.05, 3.63) is 48.8 Å². The van der Waals surface area contributed by atoms with E-state index in [1.807, 2.05) is 0 Å². The highest BCUT2D eigenvalue weighted by Gasteiger charge is 2.38. The van der Waals surface area contributed by atoms with E-state index in [1.165, 1.54) is 36.8 Å². The van der Waals surface area contributed by atoms with Gasteiger partial charge in [-0.3, -0.25) is 9.59 Å². The second kappa shape index (κ2) is 7.90. The first-order chi connectivity index (χ1) is 13.8. The predicted octanol–water partition coefficient (Wildman–Crippen LogP) is 0.505. The highest BCUT2D eigenvalue weighted by Crippen LogP contribution is 2.26. The number of benzene rings is 2. The van der Waals surface area contributed by atoms with Crippen molar-refractivity contribution in [2.45, 2.75) is 0 Å². The van der Waals surface area contributed by atoms with Crippen molar-refractivity contribution in [2.24, 2.45) is 0 Å². The molecular weight excluding hydrogens is 376 g/mol. The number of amides is 2. The van der Waals surface area contributed by atoms with Gasteiger partial charge in [-0.05, 0) is 24.3 Å². The Hall–Kier alpha value is -4.05. The fraction of sp³-hybridized carbons (Fsp3) is 0.105. The number of aliphatic imine (C=N–C) groups is 1. The zero-order chi connectivity index (χ0) is 21.0. The van der Waals surface area contributed by atoms with Crippen LogP contribution in [-0.4, -0.2) is 45.9 Å². The van der Waals surface area contributed by atoms with Gasteiger partial charge in [0.25, 0.3) is 11.8 Å². The third-order valence-corrected chi connectivity index (χ3v) is 4.21. The van der Waals surface area contributed by atoms with E-state index in [0.29, 0.717) is 11.4 Å². The lowest BCUT2D eigenvalue weighted by molar-refractivity contribution is -0.760. The highest BCUT2D eigenvalue weighted by molar-refractivity contribution is 5.96. The molecule has 2 aromatic rings. The Bertz CT molecular complexity index is 936. The molecule has 0 bridgehead atoms. The Morgan fingerprint density at radius 3 is 1.76 bits per heavy atom. The van der Waals surface area contributed by atoms with Crippen molar-refractivity contribution in [2.75, 3.05) is 35.2 Å². The molecule has 0 aliphatic carbocycles. The Morgan fingerprint density at radius 1 is 0.897 bits per heavy atom. The van der Waals surface area contributed by atoms with Gasteiger partial charge in [-0.2, -0.15) is 4.48 Å². The predicted molar refractivity (Wildman–Crippen MR) is 110 cm³/mol. The maximum atomic E-state index is 12.5. The standard InChI is InChI=1S/C19H20N6O4/c20-12-1-3-14(16(26)7-12)23-18(28)9-25(6-5-22-11-25)10-19(29)24-15-4-2-13(21)8-17(15)27/h1-8,11H,9-10,20-21H2,(H3-,23,24,26,27,28,29)/q+1/p+1. The third kappa shape index (κ3) is 4.82. The SMILES string of the molecule is Nc1ccc(NC(=O)C[N+]2(CC(=O)Nc3ccc(N)cc3O)C=C[N+]=C2)c(O)c1. The lowest BCUT2D eigenvalue weighted by Gasteiger charge is -2.22. The summed E-state index contributed by atoms with van der Waals surface area (Å²) in [7, 11) is 0. The van der Waals surface area contributed by atoms with Crippen LogP contribution in [0, 0.1) is 0 Å². The number of nitrogens with one attached hydrogen (secondary N) is 2. The number of phenolic OH excluding ortho intramolecular Hbond substituents is 2. The van der Waals surface area contributed by atoms with Gasteiger partial charge in [0.05, 0.1) is 11.4 Å². The summed E-state index contributed by atoms with van der Waals surface area (Å²) in [5.41, 5.74) is 12.3. The minimum atomic E-state index is -0.439. The topological polar surface area (TPSA) is 165 Å². The van der Waals surface area contributed by atoms with Crippen LogP contribution in [-0.2, 0) is 9.59 Å². The van der Waals surface area contributed by atoms with Crippen LogP contribution in [0.1, 0.15) is 0 Å². The molecule has 0 saturated heterocycles. The number of anilines is 4. The first-order valence-electron chi connectivity index (χ1n) is 8.61. The number of nitrogens with two attached hydrogens (primary N) is 2. The Labute approximate surface area is 166 Å². The maximum absolute atomic E-state index is 12.5. The van der Waals surface area contributed by atoms with Crippen LogP contribution in [0.2, 0.25) is 0 Å². The molecule has 10 nitrogen and oxygen atoms in total. The highest BCUT2D eigenvalue weighted by atomic mass is 16.3. The fourth-order valence-corrected chi connectivity index (χ4v) is 2.85. The number of rotatable bonds is 6. The number of carbonyl (C=O) groups excluding carboxylic acids is 2. The van der Waals surface area contributed by atoms with Gasteiger partial charge in [-0.15, -0.1) is 0 Å². The summed E-state index contributed by atoms with van der Waals surface area (Å²) < 4.78 is -0.164. The van der Waals surface area contributed by atoms with Gasteiger partial charge >= 0.3 is 12.5 Å². The molecule has 2 aromatic carbocycles. The summed E-state index contributed by atoms with van der Waals surface area (Å²) in [6.45, 7) is -0.268. The molecular formula is C19H21N6O4+2. The lowest BCUT2D eigenvalue weighted by atomic mass is 10.2.